The number of hydrogen-bond acceptors (Lipinski definition) is 3. The van der Waals surface area contributed by atoms with E-state index in [1.54, 1.807) is 0 Å². The van der Waals surface area contributed by atoms with Gasteiger partial charge >= 0.3 is 0 Å². The first-order valence-corrected chi connectivity index (χ1v) is 11.6. The van der Waals surface area contributed by atoms with E-state index in [9.17, 15) is 8.42 Å². The molecule has 0 saturated heterocycles. The Morgan fingerprint density at radius 1 is 1.36 bits per heavy atom. The molecule has 0 heterocycles. The Labute approximate surface area is 159 Å². The van der Waals surface area contributed by atoms with Crippen LogP contribution in [0.5, 0.6) is 0 Å². The predicted octanol–water partition coefficient (Wildman–Crippen LogP) is 2.86. The zero-order chi connectivity index (χ0) is 18.5. The summed E-state index contributed by atoms with van der Waals surface area (Å²) in [5.74, 6) is 0.934. The average Bonchev–Trinajstić information content (AvgIpc) is 3.32. The van der Waals surface area contributed by atoms with Crippen molar-refractivity contribution in [2.24, 2.45) is 4.99 Å². The first-order chi connectivity index (χ1) is 11.8. The van der Waals surface area contributed by atoms with E-state index < -0.39 is 9.84 Å². The number of rotatable bonds is 8. The Kier molecular flexibility index (Phi) is 6.91. The number of nitrogens with one attached hydrogen (secondary N) is 2. The minimum Gasteiger partial charge on any atom is -0.357 e. The van der Waals surface area contributed by atoms with E-state index in [2.05, 4.69) is 44.8 Å². The van der Waals surface area contributed by atoms with E-state index in [1.807, 2.05) is 19.9 Å². The summed E-state index contributed by atoms with van der Waals surface area (Å²) in [6.45, 7) is 5.51. The van der Waals surface area contributed by atoms with E-state index >= 15 is 0 Å². The number of nitrogens with zero attached hydrogens (tertiary/aromatic N) is 1. The molecular formula is C18H28BrN3O2S. The largest absolute Gasteiger partial charge is 0.357 e. The van der Waals surface area contributed by atoms with E-state index in [-0.39, 0.29) is 17.2 Å². The lowest BCUT2D eigenvalue weighted by Crippen LogP contribution is -2.43. The molecule has 2 rings (SSSR count). The van der Waals surface area contributed by atoms with Crippen LogP contribution in [0.2, 0.25) is 0 Å². The number of hydrogen-bond donors (Lipinski definition) is 2. The van der Waals surface area contributed by atoms with Crippen molar-refractivity contribution in [3.63, 3.8) is 0 Å². The van der Waals surface area contributed by atoms with Gasteiger partial charge < -0.3 is 10.6 Å². The summed E-state index contributed by atoms with van der Waals surface area (Å²) in [6.07, 6.45) is 4.12. The van der Waals surface area contributed by atoms with Crippen molar-refractivity contribution < 1.29 is 8.42 Å². The standard InChI is InChI=1S/C18H28BrN3O2S/c1-4-20-17(22-14(2)9-12-25(3,23)24)21-13-18(10-11-18)15-7-5-6-8-16(15)19/h5-8,14H,4,9-13H2,1-3H3,(H2,20,21,22). The Balaban J connectivity index is 2.01. The molecule has 0 radical (unpaired) electrons. The van der Waals surface area contributed by atoms with Crippen LogP contribution in [0.4, 0.5) is 0 Å². The minimum atomic E-state index is -2.94. The number of sulfone groups is 1. The number of guanidine groups is 1. The minimum absolute atomic E-state index is 0.0474. The van der Waals surface area contributed by atoms with Gasteiger partial charge in [0.1, 0.15) is 9.84 Å². The second-order valence-corrected chi connectivity index (χ2v) is 10.0. The summed E-state index contributed by atoms with van der Waals surface area (Å²) < 4.78 is 23.8. The van der Waals surface area contributed by atoms with Crippen LogP contribution in [0.25, 0.3) is 0 Å². The Morgan fingerprint density at radius 3 is 2.60 bits per heavy atom. The fourth-order valence-corrected chi connectivity index (χ4v) is 4.29. The van der Waals surface area contributed by atoms with Crippen molar-refractivity contribution >= 4 is 31.7 Å². The molecule has 5 nitrogen and oxygen atoms in total. The van der Waals surface area contributed by atoms with Gasteiger partial charge in [-0.15, -0.1) is 0 Å². The van der Waals surface area contributed by atoms with Crippen molar-refractivity contribution in [2.45, 2.75) is 44.6 Å². The van der Waals surface area contributed by atoms with E-state index in [1.165, 1.54) is 11.8 Å². The second kappa shape index (κ2) is 8.54. The SMILES string of the molecule is CCNC(=NCC1(c2ccccc2Br)CC1)NC(C)CCS(C)(=O)=O. The first kappa shape index (κ1) is 20.2. The molecule has 7 heteroatoms. The van der Waals surface area contributed by atoms with Gasteiger partial charge in [-0.25, -0.2) is 8.42 Å². The maximum atomic E-state index is 11.3. The van der Waals surface area contributed by atoms with Crippen LogP contribution in [-0.2, 0) is 15.3 Å². The zero-order valence-electron chi connectivity index (χ0n) is 15.2. The fraction of sp³-hybridized carbons (Fsp3) is 0.611. The second-order valence-electron chi connectivity index (χ2n) is 6.92. The fourth-order valence-electron chi connectivity index (χ4n) is 2.80. The molecule has 1 aliphatic rings. The van der Waals surface area contributed by atoms with Gasteiger partial charge in [-0.2, -0.15) is 0 Å². The van der Waals surface area contributed by atoms with Crippen LogP contribution in [0.3, 0.4) is 0 Å². The van der Waals surface area contributed by atoms with Gasteiger partial charge in [-0.1, -0.05) is 34.1 Å². The molecule has 1 saturated carbocycles. The van der Waals surface area contributed by atoms with Crippen molar-refractivity contribution in [3.8, 4) is 0 Å². The van der Waals surface area contributed by atoms with Crippen LogP contribution in [0.15, 0.2) is 33.7 Å². The maximum Gasteiger partial charge on any atom is 0.191 e. The van der Waals surface area contributed by atoms with E-state index in [0.717, 1.165) is 36.4 Å². The van der Waals surface area contributed by atoms with E-state index in [0.29, 0.717) is 6.42 Å². The lowest BCUT2D eigenvalue weighted by atomic mass is 9.96. The molecule has 1 fully saturated rings. The summed E-state index contributed by atoms with van der Waals surface area (Å²) in [4.78, 5) is 4.77. The number of benzene rings is 1. The average molecular weight is 430 g/mol. The van der Waals surface area contributed by atoms with Crippen LogP contribution < -0.4 is 10.6 Å². The predicted molar refractivity (Wildman–Crippen MR) is 108 cm³/mol. The summed E-state index contributed by atoms with van der Waals surface area (Å²) in [5.41, 5.74) is 1.44. The van der Waals surface area contributed by atoms with Crippen molar-refractivity contribution in [1.82, 2.24) is 10.6 Å². The van der Waals surface area contributed by atoms with Gasteiger partial charge in [0.15, 0.2) is 5.96 Å². The van der Waals surface area contributed by atoms with Gasteiger partial charge in [0.25, 0.3) is 0 Å². The first-order valence-electron chi connectivity index (χ1n) is 8.73. The lowest BCUT2D eigenvalue weighted by Gasteiger charge is -2.20. The number of aliphatic imine (C=N–C) groups is 1. The van der Waals surface area contributed by atoms with Crippen LogP contribution >= 0.6 is 15.9 Å². The molecule has 1 aliphatic carbocycles. The molecule has 0 aromatic heterocycles. The zero-order valence-corrected chi connectivity index (χ0v) is 17.6. The molecule has 1 aromatic rings. The third kappa shape index (κ3) is 6.29. The van der Waals surface area contributed by atoms with Gasteiger partial charge in [-0.3, -0.25) is 4.99 Å². The molecule has 1 aromatic carbocycles. The van der Waals surface area contributed by atoms with Crippen molar-refractivity contribution in [2.75, 3.05) is 25.1 Å². The third-order valence-electron chi connectivity index (χ3n) is 4.49. The molecule has 25 heavy (non-hydrogen) atoms. The Bertz CT molecular complexity index is 715. The summed E-state index contributed by atoms with van der Waals surface area (Å²) in [5, 5.41) is 6.57. The smallest absolute Gasteiger partial charge is 0.191 e. The van der Waals surface area contributed by atoms with Gasteiger partial charge in [0.2, 0.25) is 0 Å². The topological polar surface area (TPSA) is 70.6 Å². The Hall–Kier alpha value is -1.08. The van der Waals surface area contributed by atoms with Crippen LogP contribution in [0, 0.1) is 0 Å². The highest BCUT2D eigenvalue weighted by atomic mass is 79.9. The molecule has 1 atom stereocenters. The Morgan fingerprint density at radius 2 is 2.04 bits per heavy atom. The molecule has 0 spiro atoms. The maximum absolute atomic E-state index is 11.3. The summed E-state index contributed by atoms with van der Waals surface area (Å²) in [6, 6.07) is 8.39. The molecular weight excluding hydrogens is 402 g/mol. The highest BCUT2D eigenvalue weighted by Crippen LogP contribution is 2.50. The quantitative estimate of drug-likeness (QED) is 0.492. The van der Waals surface area contributed by atoms with Gasteiger partial charge in [-0.05, 0) is 44.7 Å². The molecule has 140 valence electrons. The van der Waals surface area contributed by atoms with E-state index in [4.69, 9.17) is 4.99 Å². The van der Waals surface area contributed by atoms with Crippen molar-refractivity contribution in [1.29, 1.82) is 0 Å². The van der Waals surface area contributed by atoms with Gasteiger partial charge in [0.05, 0.1) is 12.3 Å². The van der Waals surface area contributed by atoms with Gasteiger partial charge in [0, 0.05) is 28.7 Å². The normalized spacial score (nSPS) is 17.8. The molecule has 0 aliphatic heterocycles. The molecule has 0 amide bonds. The molecule has 2 N–H and O–H groups in total. The highest BCUT2D eigenvalue weighted by Gasteiger charge is 2.45. The number of halogens is 1. The summed E-state index contributed by atoms with van der Waals surface area (Å²) >= 11 is 3.65. The molecule has 1 unspecified atom stereocenters. The molecule has 0 bridgehead atoms. The monoisotopic (exact) mass is 429 g/mol. The third-order valence-corrected chi connectivity index (χ3v) is 6.16. The lowest BCUT2D eigenvalue weighted by molar-refractivity contribution is 0.580. The van der Waals surface area contributed by atoms with Crippen LogP contribution in [-0.4, -0.2) is 45.5 Å². The van der Waals surface area contributed by atoms with Crippen molar-refractivity contribution in [3.05, 3.63) is 34.3 Å². The van der Waals surface area contributed by atoms with Crippen LogP contribution in [0.1, 0.15) is 38.7 Å². The summed E-state index contributed by atoms with van der Waals surface area (Å²) in [7, 11) is -2.94. The highest BCUT2D eigenvalue weighted by molar-refractivity contribution is 9.10.